The topological polar surface area (TPSA) is 113 Å². The van der Waals surface area contributed by atoms with Gasteiger partial charge in [0.15, 0.2) is 0 Å². The molecule has 9 heteroatoms. The first-order valence-electron chi connectivity index (χ1n) is 9.80. The molecule has 162 valence electrons. The highest BCUT2D eigenvalue weighted by atomic mass is 16.6. The highest BCUT2D eigenvalue weighted by Gasteiger charge is 2.14. The average Bonchev–Trinajstić information content (AvgIpc) is 2.64. The van der Waals surface area contributed by atoms with Crippen molar-refractivity contribution >= 4 is 12.1 Å². The number of carboxylic acid groups (broad SMARTS) is 1. The first kappa shape index (κ1) is 24.4. The van der Waals surface area contributed by atoms with E-state index < -0.39 is 5.97 Å². The SMILES string of the molecule is O=C(O)COCCOCCOCCOCCNC(=O)OC1CC/C=C\CCC1. The molecule has 0 aliphatic heterocycles. The Labute approximate surface area is 166 Å². The van der Waals surface area contributed by atoms with Crippen molar-refractivity contribution in [3.05, 3.63) is 12.2 Å². The van der Waals surface area contributed by atoms with Gasteiger partial charge in [0.25, 0.3) is 0 Å². The fourth-order valence-corrected chi connectivity index (χ4v) is 2.48. The van der Waals surface area contributed by atoms with Crippen molar-refractivity contribution in [3.63, 3.8) is 0 Å². The summed E-state index contributed by atoms with van der Waals surface area (Å²) in [6, 6.07) is 0. The van der Waals surface area contributed by atoms with Crippen molar-refractivity contribution in [3.8, 4) is 0 Å². The van der Waals surface area contributed by atoms with Crippen molar-refractivity contribution in [1.82, 2.24) is 5.32 Å². The lowest BCUT2D eigenvalue weighted by atomic mass is 10.0. The summed E-state index contributed by atoms with van der Waals surface area (Å²) in [5.41, 5.74) is 0. The van der Waals surface area contributed by atoms with Crippen molar-refractivity contribution in [2.45, 2.75) is 38.2 Å². The number of carbonyl (C=O) groups is 2. The van der Waals surface area contributed by atoms with Crippen molar-refractivity contribution in [1.29, 1.82) is 0 Å². The number of hydrogen-bond acceptors (Lipinski definition) is 7. The van der Waals surface area contributed by atoms with Crippen LogP contribution in [0.15, 0.2) is 12.2 Å². The van der Waals surface area contributed by atoms with Crippen LogP contribution in [0.2, 0.25) is 0 Å². The average molecular weight is 403 g/mol. The fraction of sp³-hybridized carbons (Fsp3) is 0.789. The lowest BCUT2D eigenvalue weighted by Crippen LogP contribution is -2.31. The highest BCUT2D eigenvalue weighted by molar-refractivity contribution is 5.68. The van der Waals surface area contributed by atoms with E-state index in [1.807, 2.05) is 0 Å². The van der Waals surface area contributed by atoms with Gasteiger partial charge in [0, 0.05) is 6.54 Å². The molecule has 0 bridgehead atoms. The van der Waals surface area contributed by atoms with Crippen molar-refractivity contribution in [2.24, 2.45) is 0 Å². The molecular weight excluding hydrogens is 370 g/mol. The zero-order valence-electron chi connectivity index (χ0n) is 16.4. The number of alkyl carbamates (subject to hydrolysis) is 1. The maximum absolute atomic E-state index is 11.8. The van der Waals surface area contributed by atoms with E-state index in [-0.39, 0.29) is 25.4 Å². The molecule has 1 aliphatic carbocycles. The second kappa shape index (κ2) is 17.4. The molecule has 1 unspecified atom stereocenters. The first-order valence-corrected chi connectivity index (χ1v) is 9.80. The Hall–Kier alpha value is -1.68. The van der Waals surface area contributed by atoms with Crippen LogP contribution in [0.1, 0.15) is 32.1 Å². The number of carbonyl (C=O) groups excluding carboxylic acids is 1. The van der Waals surface area contributed by atoms with Crippen LogP contribution >= 0.6 is 0 Å². The first-order chi connectivity index (χ1) is 13.7. The van der Waals surface area contributed by atoms with Gasteiger partial charge in [0.1, 0.15) is 12.7 Å². The Morgan fingerprint density at radius 3 is 2.14 bits per heavy atom. The zero-order valence-corrected chi connectivity index (χ0v) is 16.4. The molecular formula is C19H33NO8. The van der Waals surface area contributed by atoms with Gasteiger partial charge in [-0.2, -0.15) is 0 Å². The minimum atomic E-state index is -0.997. The third-order valence-electron chi connectivity index (χ3n) is 3.85. The van der Waals surface area contributed by atoms with Crippen LogP contribution < -0.4 is 5.32 Å². The van der Waals surface area contributed by atoms with Crippen LogP contribution in [-0.2, 0) is 28.5 Å². The Morgan fingerprint density at radius 2 is 1.46 bits per heavy atom. The van der Waals surface area contributed by atoms with Crippen molar-refractivity contribution in [2.75, 3.05) is 59.4 Å². The third kappa shape index (κ3) is 15.4. The molecule has 2 N–H and O–H groups in total. The van der Waals surface area contributed by atoms with Crippen molar-refractivity contribution < 1.29 is 38.4 Å². The quantitative estimate of drug-likeness (QED) is 0.314. The van der Waals surface area contributed by atoms with Gasteiger partial charge in [0.05, 0.1) is 46.2 Å². The number of hydrogen-bond donors (Lipinski definition) is 2. The summed E-state index contributed by atoms with van der Waals surface area (Å²) in [5.74, 6) is -0.997. The summed E-state index contributed by atoms with van der Waals surface area (Å²) < 4.78 is 26.2. The van der Waals surface area contributed by atoms with Gasteiger partial charge >= 0.3 is 12.1 Å². The molecule has 1 rings (SSSR count). The maximum Gasteiger partial charge on any atom is 0.407 e. The predicted octanol–water partition coefficient (Wildman–Crippen LogP) is 1.75. The molecule has 1 amide bonds. The molecule has 0 radical (unpaired) electrons. The summed E-state index contributed by atoms with van der Waals surface area (Å²) in [7, 11) is 0. The lowest BCUT2D eigenvalue weighted by Gasteiger charge is -2.18. The molecule has 0 fully saturated rings. The molecule has 28 heavy (non-hydrogen) atoms. The number of allylic oxidation sites excluding steroid dienone is 2. The predicted molar refractivity (Wildman–Crippen MR) is 101 cm³/mol. The minimum Gasteiger partial charge on any atom is -0.480 e. The van der Waals surface area contributed by atoms with E-state index in [9.17, 15) is 9.59 Å². The van der Waals surface area contributed by atoms with Gasteiger partial charge < -0.3 is 34.1 Å². The summed E-state index contributed by atoms with van der Waals surface area (Å²) >= 11 is 0. The highest BCUT2D eigenvalue weighted by Crippen LogP contribution is 2.15. The summed E-state index contributed by atoms with van der Waals surface area (Å²) in [6.07, 6.45) is 8.75. The Morgan fingerprint density at radius 1 is 0.857 bits per heavy atom. The number of rotatable bonds is 15. The Bertz CT molecular complexity index is 444. The van der Waals surface area contributed by atoms with E-state index in [1.54, 1.807) is 0 Å². The normalized spacial score (nSPS) is 18.1. The number of nitrogens with one attached hydrogen (secondary N) is 1. The standard InChI is InChI=1S/C19H33NO8/c21-18(22)16-27-15-14-26-13-12-25-11-10-24-9-8-20-19(23)28-17-6-4-2-1-3-5-7-17/h1-2,17H,3-16H2,(H,20,23)(H,21,22)/b2-1-. The van der Waals surface area contributed by atoms with Gasteiger partial charge in [-0.3, -0.25) is 0 Å². The van der Waals surface area contributed by atoms with Crippen LogP contribution in [0.3, 0.4) is 0 Å². The number of amides is 1. The number of ether oxygens (including phenoxy) is 5. The Balaban J connectivity index is 1.81. The summed E-state index contributed by atoms with van der Waals surface area (Å²) in [4.78, 5) is 22.0. The van der Waals surface area contributed by atoms with E-state index in [1.165, 1.54) is 0 Å². The monoisotopic (exact) mass is 403 g/mol. The second-order valence-corrected chi connectivity index (χ2v) is 6.22. The Kier molecular flexibility index (Phi) is 15.2. The molecule has 0 aromatic heterocycles. The van der Waals surface area contributed by atoms with Gasteiger partial charge in [-0.25, -0.2) is 9.59 Å². The van der Waals surface area contributed by atoms with Crippen LogP contribution in [0.5, 0.6) is 0 Å². The van der Waals surface area contributed by atoms with E-state index in [4.69, 9.17) is 28.8 Å². The van der Waals surface area contributed by atoms with Crippen LogP contribution in [0, 0.1) is 0 Å². The molecule has 0 aromatic carbocycles. The molecule has 0 saturated carbocycles. The molecule has 0 heterocycles. The van der Waals surface area contributed by atoms with E-state index in [0.29, 0.717) is 46.2 Å². The number of carboxylic acids is 1. The molecule has 0 aromatic rings. The maximum atomic E-state index is 11.8. The van der Waals surface area contributed by atoms with E-state index >= 15 is 0 Å². The summed E-state index contributed by atoms with van der Waals surface area (Å²) in [6.45, 7) is 2.71. The van der Waals surface area contributed by atoms with Crippen LogP contribution in [-0.4, -0.2) is 82.7 Å². The fourth-order valence-electron chi connectivity index (χ4n) is 2.48. The molecule has 1 atom stereocenters. The number of aliphatic carboxylic acids is 1. The van der Waals surface area contributed by atoms with Gasteiger partial charge in [-0.15, -0.1) is 0 Å². The largest absolute Gasteiger partial charge is 0.480 e. The minimum absolute atomic E-state index is 0.00906. The van der Waals surface area contributed by atoms with Gasteiger partial charge in [-0.1, -0.05) is 12.2 Å². The second-order valence-electron chi connectivity index (χ2n) is 6.22. The van der Waals surface area contributed by atoms with E-state index in [2.05, 4.69) is 17.5 Å². The van der Waals surface area contributed by atoms with Crippen LogP contribution in [0.25, 0.3) is 0 Å². The zero-order chi connectivity index (χ0) is 20.3. The summed E-state index contributed by atoms with van der Waals surface area (Å²) in [5, 5.41) is 11.1. The smallest absolute Gasteiger partial charge is 0.407 e. The third-order valence-corrected chi connectivity index (χ3v) is 3.85. The van der Waals surface area contributed by atoms with Crippen LogP contribution in [0.4, 0.5) is 4.79 Å². The van der Waals surface area contributed by atoms with E-state index in [0.717, 1.165) is 32.1 Å². The van der Waals surface area contributed by atoms with Gasteiger partial charge in [0.2, 0.25) is 0 Å². The molecule has 9 nitrogen and oxygen atoms in total. The molecule has 1 aliphatic rings. The molecule has 0 spiro atoms. The molecule has 0 saturated heterocycles. The van der Waals surface area contributed by atoms with Gasteiger partial charge in [-0.05, 0) is 32.1 Å². The lowest BCUT2D eigenvalue weighted by molar-refractivity contribution is -0.142.